The van der Waals surface area contributed by atoms with E-state index in [9.17, 15) is 18.0 Å². The zero-order valence-electron chi connectivity index (χ0n) is 18.5. The van der Waals surface area contributed by atoms with Crippen molar-refractivity contribution in [2.45, 2.75) is 57.5 Å². The van der Waals surface area contributed by atoms with Crippen LogP contribution in [0, 0.1) is 0 Å². The molecule has 32 heavy (non-hydrogen) atoms. The Hall–Kier alpha value is -1.91. The molecule has 6 nitrogen and oxygen atoms in total. The minimum Gasteiger partial charge on any atom is -0.373 e. The molecule has 0 aromatic carbocycles. The Labute approximate surface area is 189 Å². The number of anilines is 1. The maximum absolute atomic E-state index is 13.8. The zero-order chi connectivity index (χ0) is 23.0. The summed E-state index contributed by atoms with van der Waals surface area (Å²) in [6, 6.07) is 1.62. The molecule has 1 atom stereocenters. The Morgan fingerprint density at radius 3 is 2.50 bits per heavy atom. The minimum atomic E-state index is -4.52. The van der Waals surface area contributed by atoms with Crippen LogP contribution in [-0.4, -0.2) is 67.3 Å². The van der Waals surface area contributed by atoms with Crippen molar-refractivity contribution in [2.75, 3.05) is 38.1 Å². The van der Waals surface area contributed by atoms with Gasteiger partial charge in [0.1, 0.15) is 5.82 Å². The van der Waals surface area contributed by atoms with Gasteiger partial charge in [-0.15, -0.1) is 11.3 Å². The predicted octanol–water partition coefficient (Wildman–Crippen LogP) is 4.14. The number of carbonyl (C=O) groups is 1. The van der Waals surface area contributed by atoms with Gasteiger partial charge in [-0.25, -0.2) is 4.98 Å². The molecule has 0 saturated carbocycles. The number of rotatable bonds is 5. The third-order valence-corrected chi connectivity index (χ3v) is 7.35. The highest BCUT2D eigenvalue weighted by atomic mass is 32.1. The normalized spacial score (nSPS) is 21.1. The van der Waals surface area contributed by atoms with Crippen molar-refractivity contribution in [3.8, 4) is 0 Å². The Bertz CT molecular complexity index is 970. The fourth-order valence-corrected chi connectivity index (χ4v) is 5.51. The van der Waals surface area contributed by atoms with Crippen LogP contribution in [0.2, 0.25) is 0 Å². The highest BCUT2D eigenvalue weighted by molar-refractivity contribution is 7.17. The largest absolute Gasteiger partial charge is 0.417 e. The van der Waals surface area contributed by atoms with Gasteiger partial charge in [-0.3, -0.25) is 9.69 Å². The first-order valence-corrected chi connectivity index (χ1v) is 11.9. The third-order valence-electron chi connectivity index (χ3n) is 6.34. The first-order chi connectivity index (χ1) is 15.2. The second-order valence-corrected chi connectivity index (χ2v) is 9.63. The summed E-state index contributed by atoms with van der Waals surface area (Å²) in [6.07, 6.45) is -1.69. The van der Waals surface area contributed by atoms with E-state index in [2.05, 4.69) is 29.0 Å². The van der Waals surface area contributed by atoms with Crippen LogP contribution in [-0.2, 0) is 10.9 Å². The number of amides is 1. The van der Waals surface area contributed by atoms with E-state index >= 15 is 0 Å². The highest BCUT2D eigenvalue weighted by Crippen LogP contribution is 2.40. The summed E-state index contributed by atoms with van der Waals surface area (Å²) in [5.74, 6) is -0.174. The van der Waals surface area contributed by atoms with Crippen LogP contribution in [0.3, 0.4) is 0 Å². The van der Waals surface area contributed by atoms with Crippen LogP contribution in [0.25, 0.3) is 10.2 Å². The second kappa shape index (κ2) is 9.15. The quantitative estimate of drug-likeness (QED) is 0.712. The summed E-state index contributed by atoms with van der Waals surface area (Å²) in [5.41, 5.74) is -0.456. The minimum absolute atomic E-state index is 0.00555. The first kappa shape index (κ1) is 23.3. The average molecular weight is 471 g/mol. The van der Waals surface area contributed by atoms with E-state index in [1.54, 1.807) is 0 Å². The van der Waals surface area contributed by atoms with Gasteiger partial charge in [0.05, 0.1) is 33.6 Å². The monoisotopic (exact) mass is 470 g/mol. The lowest BCUT2D eigenvalue weighted by Gasteiger charge is -2.34. The summed E-state index contributed by atoms with van der Waals surface area (Å²) >= 11 is 0.901. The SMILES string of the molecule is CNC(=O)c1csc2c(C(F)(F)F)cc(N3CCC(OC4CCN(C(C)C)C4)CC3)nc12. The number of likely N-dealkylation sites (tertiary alicyclic amines) is 1. The molecule has 0 aliphatic carbocycles. The molecule has 2 aromatic heterocycles. The van der Waals surface area contributed by atoms with Crippen molar-refractivity contribution in [2.24, 2.45) is 0 Å². The van der Waals surface area contributed by atoms with Gasteiger partial charge in [0, 0.05) is 44.6 Å². The fourth-order valence-electron chi connectivity index (χ4n) is 4.49. The Balaban J connectivity index is 1.50. The number of aromatic nitrogens is 1. The number of halogens is 3. The van der Waals surface area contributed by atoms with Crippen LogP contribution in [0.5, 0.6) is 0 Å². The van der Waals surface area contributed by atoms with Crippen molar-refractivity contribution < 1.29 is 22.7 Å². The number of hydrogen-bond donors (Lipinski definition) is 1. The molecule has 1 amide bonds. The summed E-state index contributed by atoms with van der Waals surface area (Å²) in [4.78, 5) is 20.9. The topological polar surface area (TPSA) is 57.7 Å². The molecule has 2 aromatic rings. The van der Waals surface area contributed by atoms with Gasteiger partial charge in [0.25, 0.3) is 5.91 Å². The molecule has 10 heteroatoms. The summed E-state index contributed by atoms with van der Waals surface area (Å²) in [7, 11) is 1.45. The Morgan fingerprint density at radius 1 is 1.22 bits per heavy atom. The van der Waals surface area contributed by atoms with E-state index in [-0.39, 0.29) is 33.8 Å². The van der Waals surface area contributed by atoms with Crippen LogP contribution in [0.15, 0.2) is 11.4 Å². The standard InChI is InChI=1S/C22H29F3N4O2S/c1-13(2)29-9-6-15(11-29)31-14-4-7-28(8-5-14)18-10-17(22(23,24)25)20-19(27-18)16(12-32-20)21(30)26-3/h10,12-15H,4-9,11H2,1-3H3,(H,26,30). The number of fused-ring (bicyclic) bond motifs is 1. The predicted molar refractivity (Wildman–Crippen MR) is 119 cm³/mol. The van der Waals surface area contributed by atoms with E-state index in [0.717, 1.165) is 49.8 Å². The van der Waals surface area contributed by atoms with Crippen molar-refractivity contribution in [1.29, 1.82) is 0 Å². The number of thiophene rings is 1. The average Bonchev–Trinajstić information content (AvgIpc) is 3.39. The number of alkyl halides is 3. The van der Waals surface area contributed by atoms with Gasteiger partial charge in [-0.05, 0) is 39.2 Å². The molecule has 2 saturated heterocycles. The Kier molecular flexibility index (Phi) is 6.65. The maximum atomic E-state index is 13.8. The molecule has 2 aliphatic rings. The van der Waals surface area contributed by atoms with Crippen molar-refractivity contribution >= 4 is 33.3 Å². The second-order valence-electron chi connectivity index (χ2n) is 8.75. The molecule has 2 fully saturated rings. The number of ether oxygens (including phenoxy) is 1. The molecule has 0 bridgehead atoms. The van der Waals surface area contributed by atoms with Crippen LogP contribution < -0.4 is 10.2 Å². The fraction of sp³-hybridized carbons (Fsp3) is 0.636. The van der Waals surface area contributed by atoms with Crippen LogP contribution in [0.4, 0.5) is 19.0 Å². The molecule has 0 spiro atoms. The molecule has 1 unspecified atom stereocenters. The van der Waals surface area contributed by atoms with Gasteiger partial charge >= 0.3 is 6.18 Å². The summed E-state index contributed by atoms with van der Waals surface area (Å²) in [5, 5.41) is 3.92. The molecular weight excluding hydrogens is 441 g/mol. The lowest BCUT2D eigenvalue weighted by molar-refractivity contribution is -0.136. The van der Waals surface area contributed by atoms with Crippen molar-refractivity contribution in [1.82, 2.24) is 15.2 Å². The highest BCUT2D eigenvalue weighted by Gasteiger charge is 2.36. The summed E-state index contributed by atoms with van der Waals surface area (Å²) < 4.78 is 47.6. The number of nitrogens with zero attached hydrogens (tertiary/aromatic N) is 3. The van der Waals surface area contributed by atoms with Crippen LogP contribution in [0.1, 0.15) is 49.0 Å². The summed E-state index contributed by atoms with van der Waals surface area (Å²) in [6.45, 7) is 7.48. The molecule has 0 radical (unpaired) electrons. The maximum Gasteiger partial charge on any atom is 0.417 e. The van der Waals surface area contributed by atoms with E-state index in [1.807, 2.05) is 4.90 Å². The van der Waals surface area contributed by atoms with Gasteiger partial charge in [-0.2, -0.15) is 13.2 Å². The molecular formula is C22H29F3N4O2S. The number of carbonyl (C=O) groups excluding carboxylic acids is 1. The molecule has 2 aliphatic heterocycles. The number of hydrogen-bond acceptors (Lipinski definition) is 6. The lowest BCUT2D eigenvalue weighted by atomic mass is 10.1. The molecule has 4 heterocycles. The number of pyridine rings is 1. The number of nitrogens with one attached hydrogen (secondary N) is 1. The first-order valence-electron chi connectivity index (χ1n) is 11.0. The van der Waals surface area contributed by atoms with Gasteiger partial charge in [-0.1, -0.05) is 0 Å². The smallest absolute Gasteiger partial charge is 0.373 e. The van der Waals surface area contributed by atoms with Crippen LogP contribution >= 0.6 is 11.3 Å². The van der Waals surface area contributed by atoms with E-state index in [4.69, 9.17) is 4.74 Å². The van der Waals surface area contributed by atoms with E-state index in [0.29, 0.717) is 19.1 Å². The lowest BCUT2D eigenvalue weighted by Crippen LogP contribution is -2.39. The van der Waals surface area contributed by atoms with Gasteiger partial charge in [0.2, 0.25) is 0 Å². The van der Waals surface area contributed by atoms with Crippen molar-refractivity contribution in [3.05, 3.63) is 22.6 Å². The van der Waals surface area contributed by atoms with E-state index < -0.39 is 17.6 Å². The van der Waals surface area contributed by atoms with E-state index in [1.165, 1.54) is 12.4 Å². The van der Waals surface area contributed by atoms with Crippen molar-refractivity contribution in [3.63, 3.8) is 0 Å². The third kappa shape index (κ3) is 4.72. The Morgan fingerprint density at radius 2 is 1.91 bits per heavy atom. The van der Waals surface area contributed by atoms with Gasteiger partial charge in [0.15, 0.2) is 0 Å². The zero-order valence-corrected chi connectivity index (χ0v) is 19.4. The van der Waals surface area contributed by atoms with Gasteiger partial charge < -0.3 is 15.0 Å². The number of piperidine rings is 1. The molecule has 176 valence electrons. The molecule has 1 N–H and O–H groups in total. The molecule has 4 rings (SSSR count).